The van der Waals surface area contributed by atoms with Gasteiger partial charge in [-0.25, -0.2) is 9.97 Å². The Morgan fingerprint density at radius 3 is 3.04 bits per heavy atom. The first-order valence-electron chi connectivity index (χ1n) is 6.97. The van der Waals surface area contributed by atoms with Crippen LogP contribution >= 0.6 is 11.7 Å². The van der Waals surface area contributed by atoms with Gasteiger partial charge in [-0.1, -0.05) is 6.07 Å². The Balaban J connectivity index is 1.57. The molecule has 3 aromatic heterocycles. The van der Waals surface area contributed by atoms with Gasteiger partial charge >= 0.3 is 0 Å². The summed E-state index contributed by atoms with van der Waals surface area (Å²) in [6.07, 6.45) is 5.15. The first-order chi connectivity index (χ1) is 11.2. The lowest BCUT2D eigenvalue weighted by atomic mass is 10.2. The zero-order chi connectivity index (χ0) is 15.8. The van der Waals surface area contributed by atoms with Crippen LogP contribution in [-0.2, 0) is 6.54 Å². The van der Waals surface area contributed by atoms with E-state index in [9.17, 15) is 4.79 Å². The van der Waals surface area contributed by atoms with Crippen molar-refractivity contribution in [1.29, 1.82) is 0 Å². The van der Waals surface area contributed by atoms with E-state index >= 15 is 0 Å². The van der Waals surface area contributed by atoms with Crippen molar-refractivity contribution in [2.45, 2.75) is 6.54 Å². The van der Waals surface area contributed by atoms with Gasteiger partial charge in [0, 0.05) is 32.2 Å². The normalized spacial score (nSPS) is 11.2. The van der Waals surface area contributed by atoms with Gasteiger partial charge in [-0.05, 0) is 23.8 Å². The molecule has 0 aliphatic carbocycles. The van der Waals surface area contributed by atoms with E-state index in [0.717, 1.165) is 16.6 Å². The molecule has 0 N–H and O–H groups in total. The number of benzene rings is 1. The van der Waals surface area contributed by atoms with Crippen molar-refractivity contribution in [1.82, 2.24) is 28.0 Å². The molecule has 0 atom stereocenters. The molecule has 8 heteroatoms. The maximum absolute atomic E-state index is 12.5. The Hall–Kier alpha value is -2.87. The average Bonchev–Trinajstić information content (AvgIpc) is 3.19. The van der Waals surface area contributed by atoms with Crippen LogP contribution in [0.5, 0.6) is 0 Å². The summed E-state index contributed by atoms with van der Waals surface area (Å²) < 4.78 is 10.1. The summed E-state index contributed by atoms with van der Waals surface area (Å²) in [6, 6.07) is 7.62. The summed E-state index contributed by atoms with van der Waals surface area (Å²) >= 11 is 1.19. The molecule has 114 valence electrons. The zero-order valence-electron chi connectivity index (χ0n) is 12.2. The number of carbonyl (C=O) groups excluding carboxylic acids is 1. The summed E-state index contributed by atoms with van der Waals surface area (Å²) in [5.41, 5.74) is 3.11. The molecule has 0 unspecified atom stereocenters. The standard InChI is InChI=1S/C15H12N6OS/c1-20(8-10-3-4-11-12(7-10)19-23-18-11)14(22)13-9-21-6-2-5-16-15(21)17-13/h2-7,9H,8H2,1H3. The van der Waals surface area contributed by atoms with Crippen molar-refractivity contribution in [3.8, 4) is 0 Å². The van der Waals surface area contributed by atoms with Crippen LogP contribution in [0.15, 0.2) is 42.9 Å². The van der Waals surface area contributed by atoms with Gasteiger partial charge in [0.1, 0.15) is 16.7 Å². The number of fused-ring (bicyclic) bond motifs is 2. The second-order valence-corrected chi connectivity index (χ2v) is 5.73. The van der Waals surface area contributed by atoms with Crippen molar-refractivity contribution in [2.24, 2.45) is 0 Å². The van der Waals surface area contributed by atoms with E-state index in [1.54, 1.807) is 34.8 Å². The quantitative estimate of drug-likeness (QED) is 0.576. The molecule has 4 aromatic rings. The van der Waals surface area contributed by atoms with E-state index < -0.39 is 0 Å². The SMILES string of the molecule is CN(Cc1ccc2nsnc2c1)C(=O)c1cn2cccnc2n1. The number of nitrogens with zero attached hydrogens (tertiary/aromatic N) is 6. The van der Waals surface area contributed by atoms with Crippen molar-refractivity contribution in [3.05, 3.63) is 54.1 Å². The predicted octanol–water partition coefficient (Wildman–Crippen LogP) is 2.01. The highest BCUT2D eigenvalue weighted by molar-refractivity contribution is 7.00. The van der Waals surface area contributed by atoms with E-state index in [-0.39, 0.29) is 5.91 Å². The third-order valence-electron chi connectivity index (χ3n) is 3.54. The summed E-state index contributed by atoms with van der Waals surface area (Å²) in [6.45, 7) is 0.480. The minimum absolute atomic E-state index is 0.146. The fourth-order valence-corrected chi connectivity index (χ4v) is 2.92. The van der Waals surface area contributed by atoms with Crippen LogP contribution in [0.4, 0.5) is 0 Å². The number of hydrogen-bond donors (Lipinski definition) is 0. The fraction of sp³-hybridized carbons (Fsp3) is 0.133. The monoisotopic (exact) mass is 324 g/mol. The van der Waals surface area contributed by atoms with Gasteiger partial charge in [-0.3, -0.25) is 9.20 Å². The molecule has 7 nitrogen and oxygen atoms in total. The number of rotatable bonds is 3. The van der Waals surface area contributed by atoms with E-state index in [4.69, 9.17) is 0 Å². The summed E-state index contributed by atoms with van der Waals surface area (Å²) in [4.78, 5) is 22.5. The third-order valence-corrected chi connectivity index (χ3v) is 4.10. The van der Waals surface area contributed by atoms with E-state index in [1.165, 1.54) is 11.7 Å². The van der Waals surface area contributed by atoms with Gasteiger partial charge in [-0.2, -0.15) is 8.75 Å². The largest absolute Gasteiger partial charge is 0.336 e. The lowest BCUT2D eigenvalue weighted by molar-refractivity contribution is 0.0780. The van der Waals surface area contributed by atoms with Crippen molar-refractivity contribution >= 4 is 34.4 Å². The molecule has 0 spiro atoms. The Bertz CT molecular complexity index is 974. The molecule has 0 fully saturated rings. The zero-order valence-corrected chi connectivity index (χ0v) is 13.1. The number of imidazole rings is 1. The number of hydrogen-bond acceptors (Lipinski definition) is 6. The van der Waals surface area contributed by atoms with Crippen LogP contribution in [0.1, 0.15) is 16.1 Å². The second kappa shape index (κ2) is 5.40. The van der Waals surface area contributed by atoms with Gasteiger partial charge in [0.25, 0.3) is 5.91 Å². The van der Waals surface area contributed by atoms with E-state index in [1.807, 2.05) is 24.4 Å². The molecular formula is C15H12N6OS. The van der Waals surface area contributed by atoms with Crippen LogP contribution in [0.3, 0.4) is 0 Å². The Kier molecular flexibility index (Phi) is 3.23. The highest BCUT2D eigenvalue weighted by Gasteiger charge is 2.16. The molecule has 0 aliphatic rings. The predicted molar refractivity (Wildman–Crippen MR) is 86.2 cm³/mol. The molecule has 0 radical (unpaired) electrons. The van der Waals surface area contributed by atoms with Gasteiger partial charge in [0.2, 0.25) is 5.78 Å². The van der Waals surface area contributed by atoms with Crippen LogP contribution in [0.2, 0.25) is 0 Å². The molecule has 4 rings (SSSR count). The van der Waals surface area contributed by atoms with Gasteiger partial charge < -0.3 is 4.90 Å². The van der Waals surface area contributed by atoms with Crippen molar-refractivity contribution in [2.75, 3.05) is 7.05 Å². The van der Waals surface area contributed by atoms with Crippen molar-refractivity contribution < 1.29 is 4.79 Å². The Labute approximate surface area is 135 Å². The highest BCUT2D eigenvalue weighted by atomic mass is 32.1. The fourth-order valence-electron chi connectivity index (χ4n) is 2.40. The first-order valence-corrected chi connectivity index (χ1v) is 7.70. The van der Waals surface area contributed by atoms with E-state index in [0.29, 0.717) is 18.0 Å². The molecule has 23 heavy (non-hydrogen) atoms. The Morgan fingerprint density at radius 1 is 1.30 bits per heavy atom. The maximum atomic E-state index is 12.5. The van der Waals surface area contributed by atoms with Crippen LogP contribution in [0.25, 0.3) is 16.8 Å². The minimum Gasteiger partial charge on any atom is -0.336 e. The molecule has 0 saturated heterocycles. The highest BCUT2D eigenvalue weighted by Crippen LogP contribution is 2.15. The second-order valence-electron chi connectivity index (χ2n) is 5.20. The summed E-state index contributed by atoms with van der Waals surface area (Å²) in [7, 11) is 1.75. The molecule has 1 aromatic carbocycles. The van der Waals surface area contributed by atoms with Crippen LogP contribution < -0.4 is 0 Å². The molecule has 3 heterocycles. The van der Waals surface area contributed by atoms with Gasteiger partial charge in [0.05, 0.1) is 11.7 Å². The Morgan fingerprint density at radius 2 is 2.17 bits per heavy atom. The van der Waals surface area contributed by atoms with Gasteiger partial charge in [0.15, 0.2) is 0 Å². The summed E-state index contributed by atoms with van der Waals surface area (Å²) in [5.74, 6) is 0.367. The number of carbonyl (C=O) groups is 1. The molecule has 0 bridgehead atoms. The minimum atomic E-state index is -0.146. The lowest BCUT2D eigenvalue weighted by Gasteiger charge is -2.15. The van der Waals surface area contributed by atoms with Crippen LogP contribution in [-0.4, -0.2) is 41.0 Å². The average molecular weight is 324 g/mol. The summed E-state index contributed by atoms with van der Waals surface area (Å²) in [5, 5.41) is 0. The molecular weight excluding hydrogens is 312 g/mol. The maximum Gasteiger partial charge on any atom is 0.274 e. The van der Waals surface area contributed by atoms with Crippen LogP contribution in [0, 0.1) is 0 Å². The number of amides is 1. The van der Waals surface area contributed by atoms with Crippen molar-refractivity contribution in [3.63, 3.8) is 0 Å². The number of aromatic nitrogens is 5. The molecule has 0 aliphatic heterocycles. The third kappa shape index (κ3) is 2.53. The molecule has 1 amide bonds. The lowest BCUT2D eigenvalue weighted by Crippen LogP contribution is -2.26. The van der Waals surface area contributed by atoms with E-state index in [2.05, 4.69) is 18.7 Å². The smallest absolute Gasteiger partial charge is 0.274 e. The first kappa shape index (κ1) is 13.8. The van der Waals surface area contributed by atoms with Gasteiger partial charge in [-0.15, -0.1) is 0 Å². The molecule has 0 saturated carbocycles. The topological polar surface area (TPSA) is 76.3 Å².